The van der Waals surface area contributed by atoms with Crippen molar-refractivity contribution in [3.8, 4) is 0 Å². The summed E-state index contributed by atoms with van der Waals surface area (Å²) >= 11 is 0. The third kappa shape index (κ3) is 1.68. The Kier molecular flexibility index (Phi) is 2.65. The molecule has 1 heterocycles. The zero-order valence-corrected chi connectivity index (χ0v) is 6.41. The highest BCUT2D eigenvalue weighted by Crippen LogP contribution is 2.19. The van der Waals surface area contributed by atoms with Crippen LogP contribution in [0.2, 0.25) is 0 Å². The van der Waals surface area contributed by atoms with Crippen LogP contribution in [0.1, 0.15) is 19.8 Å². The van der Waals surface area contributed by atoms with Gasteiger partial charge in [-0.2, -0.15) is 0 Å². The van der Waals surface area contributed by atoms with Crippen molar-refractivity contribution in [1.82, 2.24) is 0 Å². The summed E-state index contributed by atoms with van der Waals surface area (Å²) < 4.78 is 10.3. The fraction of sp³-hybridized carbons (Fsp3) is 1.00. The van der Waals surface area contributed by atoms with Crippen molar-refractivity contribution >= 4 is 0 Å². The fourth-order valence-corrected chi connectivity index (χ4v) is 1.11. The second kappa shape index (κ2) is 3.32. The van der Waals surface area contributed by atoms with Gasteiger partial charge in [-0.3, -0.25) is 0 Å². The normalized spacial score (nSPS) is 41.7. The predicted octanol–water partition coefficient (Wildman–Crippen LogP) is 0.519. The Bertz CT molecular complexity index is 105. The van der Waals surface area contributed by atoms with E-state index in [4.69, 9.17) is 9.47 Å². The number of hydrogen-bond donors (Lipinski definition) is 1. The van der Waals surface area contributed by atoms with Crippen molar-refractivity contribution in [2.24, 2.45) is 0 Å². The van der Waals surface area contributed by atoms with E-state index in [-0.39, 0.29) is 18.5 Å². The first-order valence-corrected chi connectivity index (χ1v) is 3.60. The van der Waals surface area contributed by atoms with E-state index in [0.717, 1.165) is 12.8 Å². The Morgan fingerprint density at radius 2 is 2.20 bits per heavy atom. The highest BCUT2D eigenvalue weighted by Gasteiger charge is 2.25. The maximum atomic E-state index is 9.21. The summed E-state index contributed by atoms with van der Waals surface area (Å²) in [5, 5.41) is 9.21. The first kappa shape index (κ1) is 7.98. The molecule has 0 amide bonds. The first-order chi connectivity index (χ1) is 4.74. The Labute approximate surface area is 60.9 Å². The molecular formula is C7H14O3. The predicted molar refractivity (Wildman–Crippen MR) is 36.6 cm³/mol. The summed E-state index contributed by atoms with van der Waals surface area (Å²) in [7, 11) is 1.62. The molecule has 60 valence electrons. The molecule has 1 N–H and O–H groups in total. The van der Waals surface area contributed by atoms with Crippen LogP contribution in [0, 0.1) is 0 Å². The van der Waals surface area contributed by atoms with Crippen LogP contribution in [0.25, 0.3) is 0 Å². The minimum absolute atomic E-state index is 0.0845. The molecule has 3 nitrogen and oxygen atoms in total. The highest BCUT2D eigenvalue weighted by molar-refractivity contribution is 4.70. The first-order valence-electron chi connectivity index (χ1n) is 3.60. The summed E-state index contributed by atoms with van der Waals surface area (Å²) in [5.74, 6) is 0. The van der Waals surface area contributed by atoms with Gasteiger partial charge in [0.25, 0.3) is 0 Å². The largest absolute Gasteiger partial charge is 0.390 e. The smallest absolute Gasteiger partial charge is 0.157 e. The Morgan fingerprint density at radius 1 is 1.50 bits per heavy atom. The summed E-state index contributed by atoms with van der Waals surface area (Å²) in [4.78, 5) is 0. The van der Waals surface area contributed by atoms with Gasteiger partial charge in [-0.25, -0.2) is 0 Å². The van der Waals surface area contributed by atoms with Gasteiger partial charge in [-0.1, -0.05) is 0 Å². The SMILES string of the molecule is COC1CCC(O)[C@H](C)O1. The Balaban J connectivity index is 2.33. The summed E-state index contributed by atoms with van der Waals surface area (Å²) in [6, 6.07) is 0. The van der Waals surface area contributed by atoms with Crippen LogP contribution < -0.4 is 0 Å². The molecule has 1 rings (SSSR count). The number of methoxy groups -OCH3 is 1. The van der Waals surface area contributed by atoms with Gasteiger partial charge in [0.2, 0.25) is 0 Å². The second-order valence-electron chi connectivity index (χ2n) is 2.65. The van der Waals surface area contributed by atoms with Crippen LogP contribution in [-0.4, -0.2) is 30.7 Å². The third-order valence-electron chi connectivity index (χ3n) is 1.87. The molecule has 1 fully saturated rings. The molecular weight excluding hydrogens is 132 g/mol. The molecule has 3 heteroatoms. The van der Waals surface area contributed by atoms with E-state index >= 15 is 0 Å². The van der Waals surface area contributed by atoms with E-state index in [2.05, 4.69) is 0 Å². The van der Waals surface area contributed by atoms with E-state index < -0.39 is 0 Å². The van der Waals surface area contributed by atoms with E-state index in [1.165, 1.54) is 0 Å². The molecule has 0 bridgehead atoms. The zero-order valence-electron chi connectivity index (χ0n) is 6.41. The minimum atomic E-state index is -0.314. The van der Waals surface area contributed by atoms with Gasteiger partial charge in [-0.15, -0.1) is 0 Å². The minimum Gasteiger partial charge on any atom is -0.390 e. The summed E-state index contributed by atoms with van der Waals surface area (Å²) in [5.41, 5.74) is 0. The van der Waals surface area contributed by atoms with Gasteiger partial charge in [0.05, 0.1) is 12.2 Å². The number of rotatable bonds is 1. The molecule has 0 aromatic rings. The average molecular weight is 146 g/mol. The van der Waals surface area contributed by atoms with Crippen molar-refractivity contribution in [3.05, 3.63) is 0 Å². The van der Waals surface area contributed by atoms with Gasteiger partial charge >= 0.3 is 0 Å². The topological polar surface area (TPSA) is 38.7 Å². The lowest BCUT2D eigenvalue weighted by molar-refractivity contribution is -0.206. The van der Waals surface area contributed by atoms with Crippen molar-refractivity contribution in [2.45, 2.75) is 38.3 Å². The van der Waals surface area contributed by atoms with Crippen LogP contribution in [0.3, 0.4) is 0 Å². The molecule has 0 aromatic heterocycles. The Morgan fingerprint density at radius 3 is 2.70 bits per heavy atom. The third-order valence-corrected chi connectivity index (χ3v) is 1.87. The molecule has 0 saturated carbocycles. The second-order valence-corrected chi connectivity index (χ2v) is 2.65. The van der Waals surface area contributed by atoms with Crippen molar-refractivity contribution in [1.29, 1.82) is 0 Å². The highest BCUT2D eigenvalue weighted by atomic mass is 16.7. The lowest BCUT2D eigenvalue weighted by Gasteiger charge is -2.30. The van der Waals surface area contributed by atoms with E-state index in [1.807, 2.05) is 6.92 Å². The molecule has 0 aromatic carbocycles. The molecule has 0 aliphatic carbocycles. The Hall–Kier alpha value is -0.120. The zero-order chi connectivity index (χ0) is 7.56. The molecule has 10 heavy (non-hydrogen) atoms. The maximum absolute atomic E-state index is 9.21. The van der Waals surface area contributed by atoms with Gasteiger partial charge < -0.3 is 14.6 Å². The quantitative estimate of drug-likeness (QED) is 0.586. The molecule has 3 atom stereocenters. The summed E-state index contributed by atoms with van der Waals surface area (Å²) in [6.45, 7) is 1.86. The van der Waals surface area contributed by atoms with Gasteiger partial charge in [0.1, 0.15) is 0 Å². The van der Waals surface area contributed by atoms with E-state index in [0.29, 0.717) is 0 Å². The van der Waals surface area contributed by atoms with Gasteiger partial charge in [-0.05, 0) is 13.3 Å². The molecule has 0 spiro atoms. The molecule has 2 unspecified atom stereocenters. The van der Waals surface area contributed by atoms with Crippen LogP contribution in [-0.2, 0) is 9.47 Å². The maximum Gasteiger partial charge on any atom is 0.157 e. The molecule has 0 radical (unpaired) electrons. The monoisotopic (exact) mass is 146 g/mol. The molecule has 1 aliphatic rings. The van der Waals surface area contributed by atoms with E-state index in [1.54, 1.807) is 7.11 Å². The lowest BCUT2D eigenvalue weighted by atomic mass is 10.1. The fourth-order valence-electron chi connectivity index (χ4n) is 1.11. The van der Waals surface area contributed by atoms with Crippen molar-refractivity contribution in [2.75, 3.05) is 7.11 Å². The molecule has 1 saturated heterocycles. The molecule has 1 aliphatic heterocycles. The van der Waals surface area contributed by atoms with Crippen LogP contribution in [0.15, 0.2) is 0 Å². The van der Waals surface area contributed by atoms with Crippen molar-refractivity contribution < 1.29 is 14.6 Å². The van der Waals surface area contributed by atoms with Crippen LogP contribution in [0.5, 0.6) is 0 Å². The van der Waals surface area contributed by atoms with Crippen LogP contribution >= 0.6 is 0 Å². The van der Waals surface area contributed by atoms with Crippen LogP contribution in [0.4, 0.5) is 0 Å². The lowest BCUT2D eigenvalue weighted by Crippen LogP contribution is -2.37. The average Bonchev–Trinajstić information content (AvgIpc) is 1.95. The number of aliphatic hydroxyl groups excluding tert-OH is 1. The van der Waals surface area contributed by atoms with Crippen molar-refractivity contribution in [3.63, 3.8) is 0 Å². The number of ether oxygens (including phenoxy) is 2. The van der Waals surface area contributed by atoms with Gasteiger partial charge in [0, 0.05) is 13.5 Å². The number of aliphatic hydroxyl groups is 1. The summed E-state index contributed by atoms with van der Waals surface area (Å²) in [6.07, 6.45) is 1.06. The van der Waals surface area contributed by atoms with E-state index in [9.17, 15) is 5.11 Å². The standard InChI is InChI=1S/C7H14O3/c1-5-6(8)3-4-7(9-2)10-5/h5-8H,3-4H2,1-2H3/t5-,6?,7?/m0/s1. The number of hydrogen-bond acceptors (Lipinski definition) is 3. The van der Waals surface area contributed by atoms with Gasteiger partial charge in [0.15, 0.2) is 6.29 Å².